The molecule has 0 fully saturated rings. The van der Waals surface area contributed by atoms with Crippen molar-refractivity contribution in [1.29, 1.82) is 0 Å². The van der Waals surface area contributed by atoms with E-state index in [-0.39, 0.29) is 0 Å². The summed E-state index contributed by atoms with van der Waals surface area (Å²) in [6.45, 7) is 1.99. The predicted octanol–water partition coefficient (Wildman–Crippen LogP) is 1.75. The summed E-state index contributed by atoms with van der Waals surface area (Å²) in [6, 6.07) is 5.90. The van der Waals surface area contributed by atoms with Gasteiger partial charge < -0.3 is 5.32 Å². The van der Waals surface area contributed by atoms with Crippen LogP contribution in [0.25, 0.3) is 5.57 Å². The molecule has 0 aromatic carbocycles. The predicted molar refractivity (Wildman–Crippen MR) is 57.0 cm³/mol. The van der Waals surface area contributed by atoms with Crippen LogP contribution < -0.4 is 5.32 Å². The molecule has 1 aromatic rings. The SMILES string of the molecule is Sc1cccc(C2=CCCNC2)n1. The lowest BCUT2D eigenvalue weighted by atomic mass is 10.1. The second-order valence-electron chi connectivity index (χ2n) is 3.08. The van der Waals surface area contributed by atoms with E-state index in [9.17, 15) is 0 Å². The molecule has 68 valence electrons. The maximum atomic E-state index is 4.35. The molecule has 13 heavy (non-hydrogen) atoms. The molecule has 2 heterocycles. The van der Waals surface area contributed by atoms with E-state index in [0.29, 0.717) is 0 Å². The molecule has 0 unspecified atom stereocenters. The highest BCUT2D eigenvalue weighted by Gasteiger charge is 2.06. The van der Waals surface area contributed by atoms with Crippen molar-refractivity contribution in [2.45, 2.75) is 11.4 Å². The van der Waals surface area contributed by atoms with Crippen LogP contribution in [-0.4, -0.2) is 18.1 Å². The average Bonchev–Trinajstić information content (AvgIpc) is 2.19. The molecule has 1 aromatic heterocycles. The van der Waals surface area contributed by atoms with Crippen LogP contribution in [0.5, 0.6) is 0 Å². The lowest BCUT2D eigenvalue weighted by molar-refractivity contribution is 0.736. The molecule has 2 nitrogen and oxygen atoms in total. The first-order chi connectivity index (χ1) is 6.36. The van der Waals surface area contributed by atoms with Gasteiger partial charge in [-0.2, -0.15) is 0 Å². The third-order valence-corrected chi connectivity index (χ3v) is 2.34. The standard InChI is InChI=1S/C10H12N2S/c13-10-5-1-4-9(12-10)8-3-2-6-11-7-8/h1,3-5,11H,2,6-7H2,(H,12,13). The summed E-state index contributed by atoms with van der Waals surface area (Å²) in [5.74, 6) is 0. The Kier molecular flexibility index (Phi) is 2.66. The highest BCUT2D eigenvalue weighted by molar-refractivity contribution is 7.80. The summed E-state index contributed by atoms with van der Waals surface area (Å²) >= 11 is 4.21. The molecule has 0 amide bonds. The van der Waals surface area contributed by atoms with Crippen molar-refractivity contribution >= 4 is 18.2 Å². The van der Waals surface area contributed by atoms with E-state index >= 15 is 0 Å². The Morgan fingerprint density at radius 2 is 2.31 bits per heavy atom. The van der Waals surface area contributed by atoms with Crippen LogP contribution in [-0.2, 0) is 0 Å². The molecule has 1 aliphatic rings. The number of rotatable bonds is 1. The molecule has 3 heteroatoms. The largest absolute Gasteiger partial charge is 0.312 e. The lowest BCUT2D eigenvalue weighted by Crippen LogP contribution is -2.21. The van der Waals surface area contributed by atoms with Gasteiger partial charge in [0.2, 0.25) is 0 Å². The molecule has 1 aliphatic heterocycles. The maximum absolute atomic E-state index is 4.35. The molecule has 1 N–H and O–H groups in total. The van der Waals surface area contributed by atoms with E-state index in [2.05, 4.69) is 29.0 Å². The zero-order chi connectivity index (χ0) is 9.10. The van der Waals surface area contributed by atoms with Crippen molar-refractivity contribution < 1.29 is 0 Å². The molecule has 0 saturated heterocycles. The summed E-state index contributed by atoms with van der Waals surface area (Å²) < 4.78 is 0. The molecule has 2 rings (SSSR count). The number of nitrogens with zero attached hydrogens (tertiary/aromatic N) is 1. The quantitative estimate of drug-likeness (QED) is 0.663. The van der Waals surface area contributed by atoms with Gasteiger partial charge in [-0.25, -0.2) is 4.98 Å². The topological polar surface area (TPSA) is 24.9 Å². The van der Waals surface area contributed by atoms with Crippen LogP contribution >= 0.6 is 12.6 Å². The van der Waals surface area contributed by atoms with Gasteiger partial charge in [-0.05, 0) is 30.7 Å². The number of hydrogen-bond acceptors (Lipinski definition) is 3. The van der Waals surface area contributed by atoms with E-state index in [4.69, 9.17) is 0 Å². The van der Waals surface area contributed by atoms with Crippen molar-refractivity contribution in [3.8, 4) is 0 Å². The smallest absolute Gasteiger partial charge is 0.0936 e. The van der Waals surface area contributed by atoms with Crippen molar-refractivity contribution in [1.82, 2.24) is 10.3 Å². The monoisotopic (exact) mass is 192 g/mol. The van der Waals surface area contributed by atoms with Gasteiger partial charge in [-0.1, -0.05) is 12.1 Å². The molecular formula is C10H12N2S. The first kappa shape index (κ1) is 8.78. The van der Waals surface area contributed by atoms with E-state index in [0.717, 1.165) is 30.2 Å². The van der Waals surface area contributed by atoms with E-state index in [1.54, 1.807) is 0 Å². The lowest BCUT2D eigenvalue weighted by Gasteiger charge is -2.13. The number of nitrogens with one attached hydrogen (secondary N) is 1. The summed E-state index contributed by atoms with van der Waals surface area (Å²) in [5.41, 5.74) is 2.32. The third-order valence-electron chi connectivity index (χ3n) is 2.09. The van der Waals surface area contributed by atoms with Gasteiger partial charge >= 0.3 is 0 Å². The molecule has 0 aliphatic carbocycles. The Balaban J connectivity index is 2.29. The maximum Gasteiger partial charge on any atom is 0.0936 e. The van der Waals surface area contributed by atoms with Gasteiger partial charge in [0, 0.05) is 6.54 Å². The number of aromatic nitrogens is 1. The number of pyridine rings is 1. The second-order valence-corrected chi connectivity index (χ2v) is 3.53. The fourth-order valence-corrected chi connectivity index (χ4v) is 1.63. The second kappa shape index (κ2) is 3.94. The van der Waals surface area contributed by atoms with E-state index in [1.165, 1.54) is 5.57 Å². The minimum absolute atomic E-state index is 0.781. The molecule has 0 spiro atoms. The molecule has 0 atom stereocenters. The van der Waals surface area contributed by atoms with E-state index < -0.39 is 0 Å². The van der Waals surface area contributed by atoms with Crippen LogP contribution in [0.4, 0.5) is 0 Å². The number of hydrogen-bond donors (Lipinski definition) is 2. The van der Waals surface area contributed by atoms with Gasteiger partial charge in [0.15, 0.2) is 0 Å². The summed E-state index contributed by atoms with van der Waals surface area (Å²) in [7, 11) is 0. The van der Waals surface area contributed by atoms with Gasteiger partial charge in [0.25, 0.3) is 0 Å². The Hall–Kier alpha value is -0.800. The summed E-state index contributed by atoms with van der Waals surface area (Å²) in [4.78, 5) is 4.35. The van der Waals surface area contributed by atoms with Gasteiger partial charge in [-0.3, -0.25) is 0 Å². The zero-order valence-corrected chi connectivity index (χ0v) is 8.22. The summed E-state index contributed by atoms with van der Waals surface area (Å²) in [5, 5.41) is 4.10. The van der Waals surface area contributed by atoms with Crippen molar-refractivity contribution in [2.75, 3.05) is 13.1 Å². The van der Waals surface area contributed by atoms with Crippen LogP contribution in [0.15, 0.2) is 29.3 Å². The molecule has 0 bridgehead atoms. The van der Waals surface area contributed by atoms with Gasteiger partial charge in [0.1, 0.15) is 0 Å². The Labute approximate surface area is 83.5 Å². The van der Waals surface area contributed by atoms with Crippen LogP contribution in [0.3, 0.4) is 0 Å². The minimum atomic E-state index is 0.781. The Morgan fingerprint density at radius 3 is 3.00 bits per heavy atom. The average molecular weight is 192 g/mol. The van der Waals surface area contributed by atoms with E-state index in [1.807, 2.05) is 18.2 Å². The van der Waals surface area contributed by atoms with Crippen molar-refractivity contribution in [2.24, 2.45) is 0 Å². The van der Waals surface area contributed by atoms with Crippen molar-refractivity contribution in [3.63, 3.8) is 0 Å². The first-order valence-corrected chi connectivity index (χ1v) is 4.87. The van der Waals surface area contributed by atoms with Crippen LogP contribution in [0.2, 0.25) is 0 Å². The number of thiol groups is 1. The zero-order valence-electron chi connectivity index (χ0n) is 7.33. The molecular weight excluding hydrogens is 180 g/mol. The minimum Gasteiger partial charge on any atom is -0.312 e. The highest BCUT2D eigenvalue weighted by atomic mass is 32.1. The van der Waals surface area contributed by atoms with Crippen molar-refractivity contribution in [3.05, 3.63) is 30.0 Å². The van der Waals surface area contributed by atoms with Gasteiger partial charge in [0.05, 0.1) is 10.7 Å². The van der Waals surface area contributed by atoms with Gasteiger partial charge in [-0.15, -0.1) is 12.6 Å². The third kappa shape index (κ3) is 2.11. The Morgan fingerprint density at radius 1 is 1.38 bits per heavy atom. The first-order valence-electron chi connectivity index (χ1n) is 4.42. The Bertz CT molecular complexity index is 333. The normalized spacial score (nSPS) is 16.8. The fourth-order valence-electron chi connectivity index (χ4n) is 1.44. The molecule has 0 radical (unpaired) electrons. The highest BCUT2D eigenvalue weighted by Crippen LogP contribution is 2.15. The molecule has 0 saturated carbocycles. The van der Waals surface area contributed by atoms with Crippen LogP contribution in [0, 0.1) is 0 Å². The fraction of sp³-hybridized carbons (Fsp3) is 0.300. The van der Waals surface area contributed by atoms with Crippen LogP contribution in [0.1, 0.15) is 12.1 Å². The summed E-state index contributed by atoms with van der Waals surface area (Å²) in [6.07, 6.45) is 3.33.